The molecule has 1 aromatic carbocycles. The Morgan fingerprint density at radius 3 is 2.09 bits per heavy atom. The van der Waals surface area contributed by atoms with Gasteiger partial charge in [-0.1, -0.05) is 67.2 Å². The smallest absolute Gasteiger partial charge is 0.330 e. The Hall–Kier alpha value is -1.83. The molecule has 0 saturated carbocycles. The molecule has 2 N–H and O–H groups in total. The zero-order valence-electron chi connectivity index (χ0n) is 20.6. The molecule has 0 fully saturated rings. The summed E-state index contributed by atoms with van der Waals surface area (Å²) in [5.41, 5.74) is 5.33. The third-order valence-corrected chi connectivity index (χ3v) is 5.98. The van der Waals surface area contributed by atoms with Gasteiger partial charge in [-0.05, 0) is 80.9 Å². The standard InChI is InChI=1S/C22H27NO3S2.C2H6.CH4S/c1-7-10-27-21(14(2)3)22(26)23-19(12-20(24)25)28-13-17(6)18-9-8-15(4)16(5)11-18;2*1-2/h7-13H,1-6H3,(H,23,26)(H,24,25);1-2H3;2H,1H3/b10-7-,17-13+,19-12+;;. The second-order valence-electron chi connectivity index (χ2n) is 6.44. The molecule has 0 unspecified atom stereocenters. The van der Waals surface area contributed by atoms with Crippen LogP contribution in [0, 0.1) is 13.8 Å². The molecular weight excluding hydrogens is 458 g/mol. The molecule has 0 atom stereocenters. The van der Waals surface area contributed by atoms with Crippen molar-refractivity contribution in [1.82, 2.24) is 5.32 Å². The number of nitrogens with one attached hydrogen (secondary N) is 1. The van der Waals surface area contributed by atoms with Crippen molar-refractivity contribution in [1.29, 1.82) is 0 Å². The highest BCUT2D eigenvalue weighted by Gasteiger charge is 2.13. The van der Waals surface area contributed by atoms with Crippen LogP contribution in [0.25, 0.3) is 5.57 Å². The average molecular weight is 496 g/mol. The number of hydrogen-bond donors (Lipinski definition) is 3. The van der Waals surface area contributed by atoms with Crippen molar-refractivity contribution >= 4 is 53.6 Å². The van der Waals surface area contributed by atoms with Crippen LogP contribution >= 0.6 is 36.2 Å². The maximum Gasteiger partial charge on any atom is 0.330 e. The number of hydrogen-bond acceptors (Lipinski definition) is 5. The first-order valence-electron chi connectivity index (χ1n) is 10.2. The Morgan fingerprint density at radius 1 is 1.03 bits per heavy atom. The van der Waals surface area contributed by atoms with Crippen LogP contribution < -0.4 is 5.32 Å². The third-order valence-electron chi connectivity index (χ3n) is 3.80. The summed E-state index contributed by atoms with van der Waals surface area (Å²) in [6, 6.07) is 6.18. The lowest BCUT2D eigenvalue weighted by atomic mass is 10.0. The summed E-state index contributed by atoms with van der Waals surface area (Å²) in [5, 5.41) is 15.8. The van der Waals surface area contributed by atoms with Crippen molar-refractivity contribution in [3.8, 4) is 0 Å². The quantitative estimate of drug-likeness (QED) is 0.256. The highest BCUT2D eigenvalue weighted by Crippen LogP contribution is 2.26. The molecule has 1 aromatic rings. The van der Waals surface area contributed by atoms with Gasteiger partial charge in [-0.25, -0.2) is 4.79 Å². The van der Waals surface area contributed by atoms with Gasteiger partial charge in [0.15, 0.2) is 0 Å². The summed E-state index contributed by atoms with van der Waals surface area (Å²) in [6.07, 6.45) is 4.55. The first kappa shape index (κ1) is 32.4. The summed E-state index contributed by atoms with van der Waals surface area (Å²) in [6.45, 7) is 15.6. The molecule has 4 nitrogen and oxygen atoms in total. The molecule has 0 aliphatic rings. The van der Waals surface area contributed by atoms with Crippen molar-refractivity contribution in [2.75, 3.05) is 6.26 Å². The maximum atomic E-state index is 12.6. The lowest BCUT2D eigenvalue weighted by Crippen LogP contribution is -2.23. The van der Waals surface area contributed by atoms with Crippen LogP contribution in [-0.4, -0.2) is 23.2 Å². The van der Waals surface area contributed by atoms with Gasteiger partial charge in [-0.15, -0.1) is 0 Å². The topological polar surface area (TPSA) is 66.4 Å². The number of allylic oxidation sites excluding steroid dienone is 3. The fourth-order valence-electron chi connectivity index (χ4n) is 2.12. The normalized spacial score (nSPS) is 11.1. The number of rotatable bonds is 8. The Balaban J connectivity index is 0. The van der Waals surface area contributed by atoms with Crippen LogP contribution in [0.5, 0.6) is 0 Å². The molecule has 1 rings (SSSR count). The van der Waals surface area contributed by atoms with Crippen LogP contribution in [0.4, 0.5) is 0 Å². The minimum atomic E-state index is -1.11. The molecule has 0 aliphatic carbocycles. The fourth-order valence-corrected chi connectivity index (χ4v) is 3.55. The van der Waals surface area contributed by atoms with Crippen LogP contribution in [0.3, 0.4) is 0 Å². The van der Waals surface area contributed by atoms with E-state index in [2.05, 4.69) is 43.9 Å². The lowest BCUT2D eigenvalue weighted by Gasteiger charge is -2.11. The maximum absolute atomic E-state index is 12.6. The molecule has 0 spiro atoms. The van der Waals surface area contributed by atoms with E-state index in [-0.39, 0.29) is 10.9 Å². The lowest BCUT2D eigenvalue weighted by molar-refractivity contribution is -0.131. The van der Waals surface area contributed by atoms with Gasteiger partial charge in [-0.2, -0.15) is 12.6 Å². The number of carboxylic acid groups (broad SMARTS) is 1. The van der Waals surface area contributed by atoms with E-state index in [0.29, 0.717) is 4.91 Å². The van der Waals surface area contributed by atoms with E-state index in [4.69, 9.17) is 5.11 Å². The number of carbonyl (C=O) groups is 2. The number of aryl methyl sites for hydroxylation is 2. The Morgan fingerprint density at radius 2 is 1.62 bits per heavy atom. The number of benzene rings is 1. The average Bonchev–Trinajstić information content (AvgIpc) is 2.76. The van der Waals surface area contributed by atoms with E-state index in [1.54, 1.807) is 6.26 Å². The van der Waals surface area contributed by atoms with Gasteiger partial charge in [0.2, 0.25) is 0 Å². The summed E-state index contributed by atoms with van der Waals surface area (Å²) in [7, 11) is 0. The van der Waals surface area contributed by atoms with Crippen LogP contribution in [0.15, 0.2) is 56.7 Å². The SMILES string of the molecule is C/C=C\SC(C(=O)N/C(=C\C(=O)O)S/C=C(\C)c1ccc(C)c(C)c1)=C(C)C.CC.CS. The van der Waals surface area contributed by atoms with E-state index in [1.807, 2.05) is 64.5 Å². The minimum absolute atomic E-state index is 0.264. The molecular formula is C25H37NO3S3. The number of aliphatic carboxylic acids is 1. The third kappa shape index (κ3) is 12.9. The molecule has 32 heavy (non-hydrogen) atoms. The number of carbonyl (C=O) groups excluding carboxylic acids is 1. The van der Waals surface area contributed by atoms with Gasteiger partial charge in [0.1, 0.15) is 0 Å². The summed E-state index contributed by atoms with van der Waals surface area (Å²) >= 11 is 6.02. The first-order valence-corrected chi connectivity index (χ1v) is 12.9. The fraction of sp³-hybridized carbons (Fsp3) is 0.360. The number of thiol groups is 1. The highest BCUT2D eigenvalue weighted by molar-refractivity contribution is 8.07. The number of amides is 1. The zero-order valence-corrected chi connectivity index (χ0v) is 23.1. The largest absolute Gasteiger partial charge is 0.478 e. The van der Waals surface area contributed by atoms with E-state index >= 15 is 0 Å². The molecule has 7 heteroatoms. The van der Waals surface area contributed by atoms with Crippen molar-refractivity contribution in [3.05, 3.63) is 73.4 Å². The van der Waals surface area contributed by atoms with E-state index in [0.717, 1.165) is 22.8 Å². The minimum Gasteiger partial charge on any atom is -0.478 e. The molecule has 0 bridgehead atoms. The van der Waals surface area contributed by atoms with Gasteiger partial charge in [0.05, 0.1) is 16.0 Å². The predicted octanol–water partition coefficient (Wildman–Crippen LogP) is 7.57. The second kappa shape index (κ2) is 18.7. The van der Waals surface area contributed by atoms with Gasteiger partial charge >= 0.3 is 5.97 Å². The number of carboxylic acids is 1. The zero-order chi connectivity index (χ0) is 25.3. The second-order valence-corrected chi connectivity index (χ2v) is 8.26. The molecule has 0 saturated heterocycles. The van der Waals surface area contributed by atoms with Crippen LogP contribution in [-0.2, 0) is 9.59 Å². The summed E-state index contributed by atoms with van der Waals surface area (Å²) in [4.78, 5) is 24.3. The molecule has 0 radical (unpaired) electrons. The van der Waals surface area contributed by atoms with Crippen molar-refractivity contribution in [2.24, 2.45) is 0 Å². The molecule has 0 aromatic heterocycles. The van der Waals surface area contributed by atoms with E-state index in [1.165, 1.54) is 34.7 Å². The first-order chi connectivity index (χ1) is 15.1. The van der Waals surface area contributed by atoms with Crippen molar-refractivity contribution in [2.45, 2.75) is 55.4 Å². The molecule has 178 valence electrons. The Labute approximate surface area is 208 Å². The molecule has 1 amide bonds. The van der Waals surface area contributed by atoms with Gasteiger partial charge in [0.25, 0.3) is 5.91 Å². The van der Waals surface area contributed by atoms with Crippen LogP contribution in [0.2, 0.25) is 0 Å². The van der Waals surface area contributed by atoms with Crippen molar-refractivity contribution < 1.29 is 14.7 Å². The van der Waals surface area contributed by atoms with Crippen LogP contribution in [0.1, 0.15) is 58.2 Å². The monoisotopic (exact) mass is 495 g/mol. The molecule has 0 heterocycles. The van der Waals surface area contributed by atoms with Gasteiger partial charge in [-0.3, -0.25) is 4.79 Å². The van der Waals surface area contributed by atoms with Gasteiger partial charge in [0, 0.05) is 0 Å². The van der Waals surface area contributed by atoms with Crippen molar-refractivity contribution in [3.63, 3.8) is 0 Å². The highest BCUT2D eigenvalue weighted by atomic mass is 32.2. The Bertz CT molecular complexity index is 865. The number of thioether (sulfide) groups is 2. The van der Waals surface area contributed by atoms with Gasteiger partial charge < -0.3 is 10.4 Å². The Kier molecular flexibility index (Phi) is 18.9. The summed E-state index contributed by atoms with van der Waals surface area (Å²) in [5.74, 6) is -1.43. The summed E-state index contributed by atoms with van der Waals surface area (Å²) < 4.78 is 0. The van der Waals surface area contributed by atoms with E-state index < -0.39 is 5.97 Å². The molecule has 0 aliphatic heterocycles. The van der Waals surface area contributed by atoms with E-state index in [9.17, 15) is 9.59 Å². The predicted molar refractivity (Wildman–Crippen MR) is 148 cm³/mol.